The summed E-state index contributed by atoms with van der Waals surface area (Å²) in [4.78, 5) is 17.0. The molecule has 8 nitrogen and oxygen atoms in total. The normalized spacial score (nSPS) is 24.7. The second kappa shape index (κ2) is 10.6. The number of anilines is 1. The maximum absolute atomic E-state index is 13.6. The molecule has 1 amide bonds. The molecule has 0 spiro atoms. The third-order valence-electron chi connectivity index (χ3n) is 7.78. The number of carbonyl (C=O) groups is 1. The molecule has 0 saturated carbocycles. The Morgan fingerprint density at radius 1 is 1.15 bits per heavy atom. The molecule has 0 aromatic heterocycles. The molecule has 1 aromatic carbocycles. The van der Waals surface area contributed by atoms with Crippen LogP contribution in [0.5, 0.6) is 0 Å². The summed E-state index contributed by atoms with van der Waals surface area (Å²) in [6.45, 7) is 6.18. The number of sulfonamides is 1. The summed E-state index contributed by atoms with van der Waals surface area (Å²) >= 11 is 5.33. The Bertz CT molecular complexity index is 1290. The fourth-order valence-electron chi connectivity index (χ4n) is 5.09. The van der Waals surface area contributed by atoms with Crippen LogP contribution in [0, 0.1) is 0 Å². The summed E-state index contributed by atoms with van der Waals surface area (Å²) in [5.41, 5.74) is -3.55. The van der Waals surface area contributed by atoms with Crippen molar-refractivity contribution in [1.29, 1.82) is 0 Å². The van der Waals surface area contributed by atoms with Crippen molar-refractivity contribution in [2.75, 3.05) is 44.2 Å². The van der Waals surface area contributed by atoms with E-state index in [0.29, 0.717) is 43.5 Å². The number of piperazine rings is 2. The number of thiocarbonyl (C=S) groups is 1. The number of aliphatic hydroxyl groups is 1. The van der Waals surface area contributed by atoms with Crippen LogP contribution in [0.15, 0.2) is 47.4 Å². The van der Waals surface area contributed by atoms with E-state index in [4.69, 9.17) is 12.2 Å². The average molecular weight is 587 g/mol. The molecular formula is C26H33F3N4O4S2. The number of halogens is 3. The quantitative estimate of drug-likeness (QED) is 0.496. The Kier molecular flexibility index (Phi) is 8.05. The summed E-state index contributed by atoms with van der Waals surface area (Å²) in [6, 6.07) is 5.06. The molecule has 0 radical (unpaired) electrons. The Morgan fingerprint density at radius 3 is 2.44 bits per heavy atom. The highest BCUT2D eigenvalue weighted by molar-refractivity contribution is 7.96. The maximum atomic E-state index is 13.6. The molecular weight excluding hydrogens is 553 g/mol. The standard InChI is InChI=1S/C26H33F3N4O4S2/c1-24(2)23(34)30-12-13-31(24)16-20-17-32(39(36,37)22-7-5-4-6-21(22)38)14-15-33(20)19-10-8-18(9-11-19)25(3,35)26(27,28)29/h4-5,7-11,20,35H,6,12-17H2,1-3H3,(H,30,34)/t20-,25-/m0/s1. The van der Waals surface area contributed by atoms with Crippen LogP contribution in [0.2, 0.25) is 0 Å². The number of nitrogens with one attached hydrogen (secondary N) is 1. The van der Waals surface area contributed by atoms with Crippen LogP contribution in [0.4, 0.5) is 18.9 Å². The van der Waals surface area contributed by atoms with Crippen molar-refractivity contribution in [2.45, 2.75) is 50.6 Å². The van der Waals surface area contributed by atoms with Gasteiger partial charge in [0.25, 0.3) is 0 Å². The first-order valence-corrected chi connectivity index (χ1v) is 14.5. The van der Waals surface area contributed by atoms with Crippen molar-refractivity contribution >= 4 is 38.7 Å². The smallest absolute Gasteiger partial charge is 0.376 e. The lowest BCUT2D eigenvalue weighted by Crippen LogP contribution is -2.66. The molecule has 2 aliphatic heterocycles. The number of allylic oxidation sites excluding steroid dienone is 4. The van der Waals surface area contributed by atoms with Gasteiger partial charge in [-0.1, -0.05) is 36.5 Å². The average Bonchev–Trinajstić information content (AvgIpc) is 2.86. The van der Waals surface area contributed by atoms with Crippen molar-refractivity contribution < 1.29 is 31.5 Å². The number of amides is 1. The summed E-state index contributed by atoms with van der Waals surface area (Å²) in [7, 11) is -3.88. The lowest BCUT2D eigenvalue weighted by atomic mass is 9.94. The van der Waals surface area contributed by atoms with E-state index in [1.807, 2.05) is 9.80 Å². The van der Waals surface area contributed by atoms with Crippen LogP contribution in [-0.4, -0.2) is 90.5 Å². The fraction of sp³-hybridized carbons (Fsp3) is 0.538. The number of rotatable bonds is 6. The van der Waals surface area contributed by atoms with Crippen LogP contribution in [0.1, 0.15) is 32.8 Å². The topological polar surface area (TPSA) is 93.2 Å². The number of benzene rings is 1. The third kappa shape index (κ3) is 5.64. The largest absolute Gasteiger partial charge is 0.421 e. The predicted molar refractivity (Wildman–Crippen MR) is 147 cm³/mol. The lowest BCUT2D eigenvalue weighted by Gasteiger charge is -2.48. The first kappa shape index (κ1) is 29.7. The first-order chi connectivity index (χ1) is 18.1. The van der Waals surface area contributed by atoms with E-state index in [2.05, 4.69) is 5.32 Å². The lowest BCUT2D eigenvalue weighted by molar-refractivity contribution is -0.258. The molecule has 2 saturated heterocycles. The van der Waals surface area contributed by atoms with E-state index in [0.717, 1.165) is 0 Å². The van der Waals surface area contributed by atoms with Gasteiger partial charge in [0.15, 0.2) is 5.60 Å². The monoisotopic (exact) mass is 586 g/mol. The second-order valence-electron chi connectivity index (χ2n) is 10.7. The van der Waals surface area contributed by atoms with Gasteiger partial charge in [0, 0.05) is 56.2 Å². The van der Waals surface area contributed by atoms with E-state index in [-0.39, 0.29) is 36.0 Å². The summed E-state index contributed by atoms with van der Waals surface area (Å²) in [5.74, 6) is -0.135. The van der Waals surface area contributed by atoms with Crippen molar-refractivity contribution in [3.8, 4) is 0 Å². The highest BCUT2D eigenvalue weighted by Crippen LogP contribution is 2.39. The van der Waals surface area contributed by atoms with Crippen LogP contribution in [0.25, 0.3) is 0 Å². The molecule has 2 atom stereocenters. The van der Waals surface area contributed by atoms with Gasteiger partial charge >= 0.3 is 6.18 Å². The van der Waals surface area contributed by atoms with Gasteiger partial charge in [-0.25, -0.2) is 8.42 Å². The van der Waals surface area contributed by atoms with E-state index in [1.54, 1.807) is 26.0 Å². The number of alkyl halides is 3. The number of hydrogen-bond acceptors (Lipinski definition) is 7. The van der Waals surface area contributed by atoms with E-state index < -0.39 is 33.4 Å². The Morgan fingerprint density at radius 2 is 1.82 bits per heavy atom. The van der Waals surface area contributed by atoms with Gasteiger partial charge in [-0.3, -0.25) is 9.69 Å². The molecule has 1 aromatic rings. The highest BCUT2D eigenvalue weighted by atomic mass is 32.2. The molecule has 4 rings (SSSR count). The molecule has 2 fully saturated rings. The minimum absolute atomic E-state index is 0.0994. The van der Waals surface area contributed by atoms with Gasteiger partial charge in [-0.2, -0.15) is 17.5 Å². The summed E-state index contributed by atoms with van der Waals surface area (Å²) in [5, 5.41) is 12.9. The van der Waals surface area contributed by atoms with E-state index in [9.17, 15) is 31.5 Å². The third-order valence-corrected chi connectivity index (χ3v) is 10.2. The molecule has 3 aliphatic rings. The Hall–Kier alpha value is -2.32. The van der Waals surface area contributed by atoms with Crippen molar-refractivity contribution in [1.82, 2.24) is 14.5 Å². The van der Waals surface area contributed by atoms with Crippen molar-refractivity contribution in [2.24, 2.45) is 0 Å². The molecule has 214 valence electrons. The minimum atomic E-state index is -4.85. The Labute approximate surface area is 232 Å². The maximum Gasteiger partial charge on any atom is 0.421 e. The fourth-order valence-corrected chi connectivity index (χ4v) is 7.16. The molecule has 0 unspecified atom stereocenters. The van der Waals surface area contributed by atoms with Gasteiger partial charge in [-0.05, 0) is 44.5 Å². The van der Waals surface area contributed by atoms with Gasteiger partial charge in [0.1, 0.15) is 0 Å². The zero-order valence-corrected chi connectivity index (χ0v) is 23.7. The van der Waals surface area contributed by atoms with E-state index >= 15 is 0 Å². The zero-order valence-electron chi connectivity index (χ0n) is 22.0. The van der Waals surface area contributed by atoms with Crippen LogP contribution in [-0.2, 0) is 20.4 Å². The minimum Gasteiger partial charge on any atom is -0.376 e. The summed E-state index contributed by atoms with van der Waals surface area (Å²) < 4.78 is 68.6. The summed E-state index contributed by atoms with van der Waals surface area (Å²) in [6.07, 6.45) is 0.496. The number of nitrogens with zero attached hydrogens (tertiary/aromatic N) is 3. The first-order valence-electron chi connectivity index (χ1n) is 12.7. The molecule has 0 bridgehead atoms. The molecule has 39 heavy (non-hydrogen) atoms. The van der Waals surface area contributed by atoms with Gasteiger partial charge in [0.2, 0.25) is 15.9 Å². The second-order valence-corrected chi connectivity index (χ2v) is 13.1. The van der Waals surface area contributed by atoms with Crippen LogP contribution in [0.3, 0.4) is 0 Å². The number of hydrogen-bond donors (Lipinski definition) is 2. The van der Waals surface area contributed by atoms with Gasteiger partial charge in [-0.15, -0.1) is 0 Å². The molecule has 13 heteroatoms. The highest BCUT2D eigenvalue weighted by Gasteiger charge is 2.51. The molecule has 2 heterocycles. The predicted octanol–water partition coefficient (Wildman–Crippen LogP) is 2.70. The van der Waals surface area contributed by atoms with Crippen LogP contribution >= 0.6 is 12.2 Å². The Balaban J connectivity index is 1.65. The van der Waals surface area contributed by atoms with Crippen molar-refractivity contribution in [3.63, 3.8) is 0 Å². The van der Waals surface area contributed by atoms with Gasteiger partial charge < -0.3 is 15.3 Å². The molecule has 1 aliphatic carbocycles. The van der Waals surface area contributed by atoms with Crippen molar-refractivity contribution in [3.05, 3.63) is 53.0 Å². The van der Waals surface area contributed by atoms with Crippen LogP contribution < -0.4 is 10.2 Å². The SMILES string of the molecule is CC1(C)C(=O)NCCN1C[C@H]1CN(S(=O)(=O)C2=CC=CCC2=S)CCN1c1ccc([C@](C)(O)C(F)(F)F)cc1. The number of carbonyl (C=O) groups excluding carboxylic acids is 1. The zero-order chi connectivity index (χ0) is 28.8. The van der Waals surface area contributed by atoms with E-state index in [1.165, 1.54) is 34.6 Å². The van der Waals surface area contributed by atoms with Gasteiger partial charge in [0.05, 0.1) is 16.5 Å². The molecule has 2 N–H and O–H groups in total.